The zero-order valence-corrected chi connectivity index (χ0v) is 19.3. The molecule has 0 unspecified atom stereocenters. The van der Waals surface area contributed by atoms with Gasteiger partial charge in [-0.25, -0.2) is 4.79 Å². The molecule has 0 atom stereocenters. The number of ether oxygens (including phenoxy) is 3. The molecule has 0 bridgehead atoms. The van der Waals surface area contributed by atoms with Crippen LogP contribution in [0.5, 0.6) is 11.5 Å². The van der Waals surface area contributed by atoms with Crippen molar-refractivity contribution in [1.29, 1.82) is 0 Å². The summed E-state index contributed by atoms with van der Waals surface area (Å²) in [6.07, 6.45) is 6.14. The third-order valence-electron chi connectivity index (χ3n) is 5.19. The highest BCUT2D eigenvalue weighted by atomic mass is 32.1. The average Bonchev–Trinajstić information content (AvgIpc) is 2.92. The Labute approximate surface area is 186 Å². The van der Waals surface area contributed by atoms with Crippen molar-refractivity contribution in [1.82, 2.24) is 5.32 Å². The molecule has 0 saturated heterocycles. The van der Waals surface area contributed by atoms with Crippen LogP contribution in [0.15, 0.2) is 18.2 Å². The number of aryl methyl sites for hydroxylation is 1. The first-order valence-corrected chi connectivity index (χ1v) is 11.3. The summed E-state index contributed by atoms with van der Waals surface area (Å²) < 4.78 is 15.7. The largest absolute Gasteiger partial charge is 0.493 e. The predicted octanol–water partition coefficient (Wildman–Crippen LogP) is 4.35. The van der Waals surface area contributed by atoms with Crippen LogP contribution in [0.25, 0.3) is 0 Å². The predicted molar refractivity (Wildman–Crippen MR) is 124 cm³/mol. The van der Waals surface area contributed by atoms with Gasteiger partial charge in [-0.15, -0.1) is 11.3 Å². The Morgan fingerprint density at radius 2 is 1.87 bits per heavy atom. The van der Waals surface area contributed by atoms with Crippen LogP contribution in [-0.4, -0.2) is 39.0 Å². The molecule has 30 heavy (non-hydrogen) atoms. The smallest absolute Gasteiger partial charge is 0.341 e. The van der Waals surface area contributed by atoms with Crippen molar-refractivity contribution in [2.45, 2.75) is 38.5 Å². The Kier molecular flexibility index (Phi) is 7.93. The molecule has 8 heteroatoms. The zero-order chi connectivity index (χ0) is 21.5. The van der Waals surface area contributed by atoms with Gasteiger partial charge in [0.1, 0.15) is 5.00 Å². The molecule has 3 rings (SSSR count). The second kappa shape index (κ2) is 10.6. The number of hydrogen-bond acceptors (Lipinski definition) is 6. The molecule has 0 aliphatic heterocycles. The molecule has 2 aromatic rings. The summed E-state index contributed by atoms with van der Waals surface area (Å²) in [5.41, 5.74) is 2.88. The van der Waals surface area contributed by atoms with E-state index < -0.39 is 0 Å². The van der Waals surface area contributed by atoms with Gasteiger partial charge < -0.3 is 24.8 Å². The summed E-state index contributed by atoms with van der Waals surface area (Å²) in [5.74, 6) is 1.11. The molecule has 162 valence electrons. The van der Waals surface area contributed by atoms with Crippen LogP contribution >= 0.6 is 23.6 Å². The average molecular weight is 449 g/mol. The Hall–Kier alpha value is -2.32. The standard InChI is InChI=1S/C22H28N2O4S2/c1-26-16-10-9-14(13-17(16)27-2)11-12-23-22(29)24-20-19(21(25)28-3)15-7-5-4-6-8-18(15)30-20/h9-10,13H,4-8,11-12H2,1-3H3,(H2,23,24,29). The van der Waals surface area contributed by atoms with Crippen LogP contribution in [-0.2, 0) is 24.0 Å². The van der Waals surface area contributed by atoms with Gasteiger partial charge >= 0.3 is 5.97 Å². The lowest BCUT2D eigenvalue weighted by molar-refractivity contribution is 0.0601. The molecule has 1 aromatic heterocycles. The van der Waals surface area contributed by atoms with Gasteiger partial charge in [0.25, 0.3) is 0 Å². The van der Waals surface area contributed by atoms with Crippen LogP contribution in [0.3, 0.4) is 0 Å². The van der Waals surface area contributed by atoms with E-state index in [1.165, 1.54) is 18.4 Å². The third kappa shape index (κ3) is 5.23. The van der Waals surface area contributed by atoms with E-state index in [1.54, 1.807) is 25.6 Å². The van der Waals surface area contributed by atoms with E-state index in [0.717, 1.165) is 48.2 Å². The summed E-state index contributed by atoms with van der Waals surface area (Å²) in [4.78, 5) is 13.7. The van der Waals surface area contributed by atoms with E-state index in [1.807, 2.05) is 18.2 Å². The number of anilines is 1. The lowest BCUT2D eigenvalue weighted by Crippen LogP contribution is -2.30. The fraction of sp³-hybridized carbons (Fsp3) is 0.455. The van der Waals surface area contributed by atoms with Gasteiger partial charge in [-0.05, 0) is 67.6 Å². The molecule has 0 amide bonds. The fourth-order valence-corrected chi connectivity index (χ4v) is 5.20. The van der Waals surface area contributed by atoms with Crippen molar-refractivity contribution in [3.05, 3.63) is 39.8 Å². The van der Waals surface area contributed by atoms with Crippen molar-refractivity contribution < 1.29 is 19.0 Å². The van der Waals surface area contributed by atoms with Gasteiger partial charge in [0, 0.05) is 11.4 Å². The molecule has 1 heterocycles. The number of nitrogens with one attached hydrogen (secondary N) is 2. The molecule has 2 N–H and O–H groups in total. The molecule has 1 aliphatic carbocycles. The van der Waals surface area contributed by atoms with Crippen molar-refractivity contribution >= 4 is 39.6 Å². The highest BCUT2D eigenvalue weighted by Crippen LogP contribution is 2.38. The van der Waals surface area contributed by atoms with Gasteiger partial charge in [-0.3, -0.25) is 0 Å². The second-order valence-electron chi connectivity index (χ2n) is 7.08. The molecule has 6 nitrogen and oxygen atoms in total. The summed E-state index contributed by atoms with van der Waals surface area (Å²) in [6, 6.07) is 5.86. The lowest BCUT2D eigenvalue weighted by atomic mass is 10.1. The Balaban J connectivity index is 1.63. The Morgan fingerprint density at radius 1 is 1.10 bits per heavy atom. The zero-order valence-electron chi connectivity index (χ0n) is 17.6. The number of benzene rings is 1. The molecular formula is C22H28N2O4S2. The minimum Gasteiger partial charge on any atom is -0.493 e. The van der Waals surface area contributed by atoms with E-state index in [2.05, 4.69) is 10.6 Å². The van der Waals surface area contributed by atoms with Crippen molar-refractivity contribution in [3.63, 3.8) is 0 Å². The second-order valence-corrected chi connectivity index (χ2v) is 8.59. The number of esters is 1. The first kappa shape index (κ1) is 22.4. The van der Waals surface area contributed by atoms with E-state index in [0.29, 0.717) is 28.7 Å². The van der Waals surface area contributed by atoms with Crippen LogP contribution in [0.2, 0.25) is 0 Å². The first-order valence-electron chi connectivity index (χ1n) is 10.1. The number of carbonyl (C=O) groups is 1. The maximum absolute atomic E-state index is 12.4. The summed E-state index contributed by atoms with van der Waals surface area (Å²) >= 11 is 7.09. The van der Waals surface area contributed by atoms with Gasteiger partial charge in [0.2, 0.25) is 0 Å². The van der Waals surface area contributed by atoms with Gasteiger partial charge in [0.15, 0.2) is 16.6 Å². The topological polar surface area (TPSA) is 68.8 Å². The van der Waals surface area contributed by atoms with Gasteiger partial charge in [0.05, 0.1) is 26.9 Å². The summed E-state index contributed by atoms with van der Waals surface area (Å²) in [6.45, 7) is 0.653. The fourth-order valence-electron chi connectivity index (χ4n) is 3.65. The Bertz CT molecular complexity index is 911. The van der Waals surface area contributed by atoms with Crippen molar-refractivity contribution in [3.8, 4) is 11.5 Å². The maximum atomic E-state index is 12.4. The normalized spacial score (nSPS) is 13.0. The van der Waals surface area contributed by atoms with Crippen LogP contribution in [0, 0.1) is 0 Å². The number of thiophene rings is 1. The maximum Gasteiger partial charge on any atom is 0.341 e. The van der Waals surface area contributed by atoms with Crippen molar-refractivity contribution in [2.75, 3.05) is 33.2 Å². The first-order chi connectivity index (χ1) is 14.6. The Morgan fingerprint density at radius 3 is 2.60 bits per heavy atom. The van der Waals surface area contributed by atoms with E-state index in [9.17, 15) is 4.79 Å². The van der Waals surface area contributed by atoms with Crippen LogP contribution in [0.4, 0.5) is 5.00 Å². The molecule has 0 spiro atoms. The van der Waals surface area contributed by atoms with E-state index in [-0.39, 0.29) is 5.97 Å². The SMILES string of the molecule is COC(=O)c1c(NC(=S)NCCc2ccc(OC)c(OC)c2)sc2c1CCCCC2. The number of methoxy groups -OCH3 is 3. The molecule has 1 aromatic carbocycles. The number of hydrogen-bond donors (Lipinski definition) is 2. The molecular weight excluding hydrogens is 420 g/mol. The molecule has 0 fully saturated rings. The highest BCUT2D eigenvalue weighted by molar-refractivity contribution is 7.80. The minimum atomic E-state index is -0.301. The third-order valence-corrected chi connectivity index (χ3v) is 6.64. The quantitative estimate of drug-likeness (QED) is 0.371. The van der Waals surface area contributed by atoms with E-state index >= 15 is 0 Å². The van der Waals surface area contributed by atoms with Crippen LogP contribution < -0.4 is 20.1 Å². The van der Waals surface area contributed by atoms with E-state index in [4.69, 9.17) is 26.4 Å². The number of fused-ring (bicyclic) bond motifs is 1. The highest BCUT2D eigenvalue weighted by Gasteiger charge is 2.25. The van der Waals surface area contributed by atoms with Gasteiger partial charge in [-0.2, -0.15) is 0 Å². The molecule has 0 saturated carbocycles. The lowest BCUT2D eigenvalue weighted by Gasteiger charge is -2.12. The molecule has 1 aliphatic rings. The monoisotopic (exact) mass is 448 g/mol. The van der Waals surface area contributed by atoms with Crippen molar-refractivity contribution in [2.24, 2.45) is 0 Å². The number of thiocarbonyl (C=S) groups is 1. The number of carbonyl (C=O) groups excluding carboxylic acids is 1. The van der Waals surface area contributed by atoms with Crippen LogP contribution in [0.1, 0.15) is 45.6 Å². The minimum absolute atomic E-state index is 0.301. The molecule has 0 radical (unpaired) electrons. The summed E-state index contributed by atoms with van der Waals surface area (Å²) in [7, 11) is 4.67. The number of rotatable bonds is 7. The van der Waals surface area contributed by atoms with Gasteiger partial charge in [-0.1, -0.05) is 12.5 Å². The summed E-state index contributed by atoms with van der Waals surface area (Å²) in [5, 5.41) is 7.72.